The zero-order chi connectivity index (χ0) is 18.6. The molecule has 4 heteroatoms. The lowest BCUT2D eigenvalue weighted by molar-refractivity contribution is -0.144. The van der Waals surface area contributed by atoms with E-state index < -0.39 is 11.5 Å². The normalized spacial score (nSPS) is 20.3. The summed E-state index contributed by atoms with van der Waals surface area (Å²) in [7, 11) is 0. The molecule has 1 aliphatic carbocycles. The van der Waals surface area contributed by atoms with E-state index in [0.717, 1.165) is 11.1 Å². The number of carboxylic acids is 1. The van der Waals surface area contributed by atoms with Crippen LogP contribution < -0.4 is 5.32 Å². The molecule has 26 heavy (non-hydrogen) atoms. The molecule has 0 aliphatic heterocycles. The van der Waals surface area contributed by atoms with Crippen LogP contribution in [0.15, 0.2) is 60.7 Å². The highest BCUT2D eigenvalue weighted by molar-refractivity contribution is 5.81. The molecule has 0 aromatic heterocycles. The summed E-state index contributed by atoms with van der Waals surface area (Å²) in [6, 6.07) is 19.9. The van der Waals surface area contributed by atoms with Crippen LogP contribution in [-0.2, 0) is 15.1 Å². The molecule has 2 aromatic carbocycles. The Morgan fingerprint density at radius 1 is 0.846 bits per heavy atom. The average molecular weight is 351 g/mol. The first-order valence-electron chi connectivity index (χ1n) is 9.16. The van der Waals surface area contributed by atoms with Gasteiger partial charge in [-0.15, -0.1) is 0 Å². The fourth-order valence-electron chi connectivity index (χ4n) is 3.80. The van der Waals surface area contributed by atoms with Gasteiger partial charge in [-0.1, -0.05) is 60.7 Å². The van der Waals surface area contributed by atoms with Crippen molar-refractivity contribution in [1.29, 1.82) is 0 Å². The van der Waals surface area contributed by atoms with E-state index in [1.165, 1.54) is 0 Å². The summed E-state index contributed by atoms with van der Waals surface area (Å²) in [4.78, 5) is 24.1. The molecule has 0 saturated heterocycles. The lowest BCUT2D eigenvalue weighted by atomic mass is 9.80. The van der Waals surface area contributed by atoms with Gasteiger partial charge in [0.25, 0.3) is 0 Å². The second-order valence-corrected chi connectivity index (χ2v) is 7.23. The first-order chi connectivity index (χ1) is 12.5. The summed E-state index contributed by atoms with van der Waals surface area (Å²) in [6.45, 7) is 2.03. The van der Waals surface area contributed by atoms with Gasteiger partial charge in [-0.2, -0.15) is 0 Å². The van der Waals surface area contributed by atoms with Crippen LogP contribution in [0.3, 0.4) is 0 Å². The Bertz CT molecular complexity index is 710. The molecule has 3 rings (SSSR count). The Balaban J connectivity index is 1.81. The van der Waals surface area contributed by atoms with Crippen molar-refractivity contribution in [3.8, 4) is 0 Å². The highest BCUT2D eigenvalue weighted by Gasteiger charge is 2.35. The molecule has 2 aromatic rings. The van der Waals surface area contributed by atoms with Gasteiger partial charge in [0.15, 0.2) is 0 Å². The zero-order valence-electron chi connectivity index (χ0n) is 15.0. The third kappa shape index (κ3) is 3.79. The van der Waals surface area contributed by atoms with Gasteiger partial charge < -0.3 is 10.4 Å². The summed E-state index contributed by atoms with van der Waals surface area (Å²) >= 11 is 0. The van der Waals surface area contributed by atoms with Crippen molar-refractivity contribution < 1.29 is 14.7 Å². The Morgan fingerprint density at radius 2 is 1.27 bits per heavy atom. The number of amides is 1. The molecule has 136 valence electrons. The molecule has 1 fully saturated rings. The minimum Gasteiger partial charge on any atom is -0.481 e. The van der Waals surface area contributed by atoms with Crippen molar-refractivity contribution in [2.45, 2.75) is 38.1 Å². The van der Waals surface area contributed by atoms with Gasteiger partial charge in [0, 0.05) is 5.92 Å². The van der Waals surface area contributed by atoms with Gasteiger partial charge in [0.1, 0.15) is 0 Å². The molecule has 0 spiro atoms. The maximum absolute atomic E-state index is 13.0. The van der Waals surface area contributed by atoms with Gasteiger partial charge in [-0.3, -0.25) is 9.59 Å². The fourth-order valence-corrected chi connectivity index (χ4v) is 3.80. The zero-order valence-corrected chi connectivity index (χ0v) is 15.0. The van der Waals surface area contributed by atoms with E-state index >= 15 is 0 Å². The quantitative estimate of drug-likeness (QED) is 0.857. The molecular weight excluding hydrogens is 326 g/mol. The van der Waals surface area contributed by atoms with Gasteiger partial charge >= 0.3 is 5.97 Å². The van der Waals surface area contributed by atoms with Crippen molar-refractivity contribution in [3.05, 3.63) is 71.8 Å². The van der Waals surface area contributed by atoms with Crippen LogP contribution in [0.4, 0.5) is 0 Å². The number of rotatable bonds is 5. The van der Waals surface area contributed by atoms with Crippen LogP contribution in [-0.4, -0.2) is 17.0 Å². The lowest BCUT2D eigenvalue weighted by Gasteiger charge is -2.35. The van der Waals surface area contributed by atoms with Crippen molar-refractivity contribution in [3.63, 3.8) is 0 Å². The van der Waals surface area contributed by atoms with E-state index in [0.29, 0.717) is 25.7 Å². The minimum atomic E-state index is -0.748. The number of nitrogens with one attached hydrogen (secondary N) is 1. The largest absolute Gasteiger partial charge is 0.481 e. The molecular formula is C22H25NO3. The van der Waals surface area contributed by atoms with E-state index in [-0.39, 0.29) is 17.7 Å². The second-order valence-electron chi connectivity index (χ2n) is 7.23. The van der Waals surface area contributed by atoms with E-state index in [9.17, 15) is 9.59 Å². The molecule has 0 radical (unpaired) electrons. The molecule has 4 nitrogen and oxygen atoms in total. The van der Waals surface area contributed by atoms with E-state index in [1.807, 2.05) is 67.6 Å². The van der Waals surface area contributed by atoms with Crippen molar-refractivity contribution >= 4 is 11.9 Å². The number of carbonyl (C=O) groups excluding carboxylic acids is 1. The van der Waals surface area contributed by atoms with Crippen LogP contribution in [0.2, 0.25) is 0 Å². The number of benzene rings is 2. The fraction of sp³-hybridized carbons (Fsp3) is 0.364. The molecule has 2 N–H and O–H groups in total. The smallest absolute Gasteiger partial charge is 0.306 e. The monoisotopic (exact) mass is 351 g/mol. The Labute approximate surface area is 154 Å². The third-order valence-electron chi connectivity index (χ3n) is 5.52. The maximum atomic E-state index is 13.0. The standard InChI is InChI=1S/C22H25NO3/c1-22(18-8-4-2-5-9-18,19-10-6-3-7-11-19)23-20(24)16-12-14-17(15-13-16)21(25)26/h2-11,16-17H,12-15H2,1H3,(H,23,24)(H,25,26). The highest BCUT2D eigenvalue weighted by atomic mass is 16.4. The summed E-state index contributed by atoms with van der Waals surface area (Å²) in [5.41, 5.74) is 1.43. The molecule has 1 aliphatic rings. The van der Waals surface area contributed by atoms with Crippen LogP contribution in [0.1, 0.15) is 43.7 Å². The molecule has 1 amide bonds. The van der Waals surface area contributed by atoms with E-state index in [1.54, 1.807) is 0 Å². The number of hydrogen-bond donors (Lipinski definition) is 2. The van der Waals surface area contributed by atoms with E-state index in [4.69, 9.17) is 5.11 Å². The third-order valence-corrected chi connectivity index (χ3v) is 5.52. The highest BCUT2D eigenvalue weighted by Crippen LogP contribution is 2.33. The molecule has 0 heterocycles. The average Bonchev–Trinajstić information content (AvgIpc) is 2.69. The van der Waals surface area contributed by atoms with Gasteiger partial charge in [0.2, 0.25) is 5.91 Å². The summed E-state index contributed by atoms with van der Waals surface area (Å²) in [5.74, 6) is -1.18. The van der Waals surface area contributed by atoms with Gasteiger partial charge in [-0.05, 0) is 43.7 Å². The summed E-state index contributed by atoms with van der Waals surface area (Å²) in [5, 5.41) is 12.4. The Hall–Kier alpha value is -2.62. The Morgan fingerprint density at radius 3 is 1.69 bits per heavy atom. The predicted molar refractivity (Wildman–Crippen MR) is 101 cm³/mol. The van der Waals surface area contributed by atoms with Crippen LogP contribution in [0.25, 0.3) is 0 Å². The van der Waals surface area contributed by atoms with Crippen LogP contribution in [0, 0.1) is 11.8 Å². The topological polar surface area (TPSA) is 66.4 Å². The van der Waals surface area contributed by atoms with Gasteiger partial charge in [-0.25, -0.2) is 0 Å². The van der Waals surface area contributed by atoms with Crippen LogP contribution >= 0.6 is 0 Å². The molecule has 0 atom stereocenters. The maximum Gasteiger partial charge on any atom is 0.306 e. The van der Waals surface area contributed by atoms with Crippen molar-refractivity contribution in [2.75, 3.05) is 0 Å². The van der Waals surface area contributed by atoms with Crippen LogP contribution in [0.5, 0.6) is 0 Å². The molecule has 0 bridgehead atoms. The number of carboxylic acid groups (broad SMARTS) is 1. The Kier molecular flexibility index (Phi) is 5.40. The molecule has 1 saturated carbocycles. The second kappa shape index (κ2) is 7.73. The van der Waals surface area contributed by atoms with E-state index in [2.05, 4.69) is 5.32 Å². The summed E-state index contributed by atoms with van der Waals surface area (Å²) in [6.07, 6.45) is 2.40. The first kappa shape index (κ1) is 18.2. The number of carbonyl (C=O) groups is 2. The lowest BCUT2D eigenvalue weighted by Crippen LogP contribution is -2.47. The van der Waals surface area contributed by atoms with Crippen molar-refractivity contribution in [2.24, 2.45) is 11.8 Å². The van der Waals surface area contributed by atoms with Crippen molar-refractivity contribution in [1.82, 2.24) is 5.32 Å². The van der Waals surface area contributed by atoms with Gasteiger partial charge in [0.05, 0.1) is 11.5 Å². The summed E-state index contributed by atoms with van der Waals surface area (Å²) < 4.78 is 0. The number of aliphatic carboxylic acids is 1. The minimum absolute atomic E-state index is 0.00375. The predicted octanol–water partition coefficient (Wildman–Crippen LogP) is 3.96. The number of hydrogen-bond acceptors (Lipinski definition) is 2. The molecule has 0 unspecified atom stereocenters. The first-order valence-corrected chi connectivity index (χ1v) is 9.16. The SMILES string of the molecule is CC(NC(=O)C1CCC(C(=O)O)CC1)(c1ccccc1)c1ccccc1.